The summed E-state index contributed by atoms with van der Waals surface area (Å²) in [5.41, 5.74) is 2.95. The molecular formula is C17H25N. The van der Waals surface area contributed by atoms with Crippen LogP contribution in [0.1, 0.15) is 44.6 Å². The smallest absolute Gasteiger partial charge is 0.0205 e. The van der Waals surface area contributed by atoms with Crippen LogP contribution in [-0.4, -0.2) is 13.1 Å². The third-order valence-electron chi connectivity index (χ3n) is 4.13. The molecule has 0 amide bonds. The Labute approximate surface area is 111 Å². The van der Waals surface area contributed by atoms with Crippen molar-refractivity contribution in [3.8, 4) is 0 Å². The Balaban J connectivity index is 1.77. The molecule has 98 valence electrons. The predicted octanol–water partition coefficient (Wildman–Crippen LogP) is 4.26. The molecule has 1 aliphatic carbocycles. The van der Waals surface area contributed by atoms with Crippen LogP contribution in [-0.2, 0) is 0 Å². The van der Waals surface area contributed by atoms with E-state index in [9.17, 15) is 0 Å². The lowest BCUT2D eigenvalue weighted by molar-refractivity contribution is 0.211. The van der Waals surface area contributed by atoms with Gasteiger partial charge in [0.05, 0.1) is 0 Å². The molecule has 2 rings (SSSR count). The second kappa shape index (κ2) is 6.19. The van der Waals surface area contributed by atoms with Crippen molar-refractivity contribution in [1.82, 2.24) is 5.32 Å². The van der Waals surface area contributed by atoms with Gasteiger partial charge in [-0.2, -0.15) is 0 Å². The van der Waals surface area contributed by atoms with Gasteiger partial charge in [0.25, 0.3) is 0 Å². The standard InChI is InChI=1S/C17H25N/c1-15(16-9-5-3-6-10-16)13-18-14-17(2)11-7-4-8-12-17/h3,5-6,9-10,18H,1,4,7-8,11-14H2,2H3. The first-order valence-electron chi connectivity index (χ1n) is 7.14. The maximum absolute atomic E-state index is 4.17. The monoisotopic (exact) mass is 243 g/mol. The van der Waals surface area contributed by atoms with Crippen LogP contribution in [0.5, 0.6) is 0 Å². The van der Waals surface area contributed by atoms with E-state index in [2.05, 4.69) is 43.1 Å². The van der Waals surface area contributed by atoms with Gasteiger partial charge >= 0.3 is 0 Å². The Hall–Kier alpha value is -1.08. The summed E-state index contributed by atoms with van der Waals surface area (Å²) < 4.78 is 0. The van der Waals surface area contributed by atoms with Crippen LogP contribution in [0.25, 0.3) is 5.57 Å². The minimum absolute atomic E-state index is 0.509. The van der Waals surface area contributed by atoms with Crippen molar-refractivity contribution in [1.29, 1.82) is 0 Å². The van der Waals surface area contributed by atoms with Gasteiger partial charge in [-0.25, -0.2) is 0 Å². The first-order valence-corrected chi connectivity index (χ1v) is 7.14. The number of hydrogen-bond acceptors (Lipinski definition) is 1. The second-order valence-electron chi connectivity index (χ2n) is 5.94. The molecule has 1 saturated carbocycles. The number of nitrogens with one attached hydrogen (secondary N) is 1. The van der Waals surface area contributed by atoms with Gasteiger partial charge in [-0.05, 0) is 29.4 Å². The van der Waals surface area contributed by atoms with Crippen LogP contribution in [0.4, 0.5) is 0 Å². The van der Waals surface area contributed by atoms with Crippen molar-refractivity contribution in [2.24, 2.45) is 5.41 Å². The van der Waals surface area contributed by atoms with Crippen LogP contribution in [0, 0.1) is 5.41 Å². The fourth-order valence-corrected chi connectivity index (χ4v) is 2.87. The maximum Gasteiger partial charge on any atom is 0.0205 e. The molecular weight excluding hydrogens is 218 g/mol. The van der Waals surface area contributed by atoms with E-state index in [1.165, 1.54) is 43.2 Å². The molecule has 1 aromatic carbocycles. The highest BCUT2D eigenvalue weighted by molar-refractivity contribution is 5.64. The number of rotatable bonds is 5. The lowest BCUT2D eigenvalue weighted by Crippen LogP contribution is -2.34. The van der Waals surface area contributed by atoms with Gasteiger partial charge < -0.3 is 5.32 Å². The topological polar surface area (TPSA) is 12.0 Å². The Morgan fingerprint density at radius 2 is 1.83 bits per heavy atom. The Kier molecular flexibility index (Phi) is 4.60. The third-order valence-corrected chi connectivity index (χ3v) is 4.13. The van der Waals surface area contributed by atoms with E-state index in [-0.39, 0.29) is 0 Å². The lowest BCUT2D eigenvalue weighted by atomic mass is 9.76. The minimum Gasteiger partial charge on any atom is -0.312 e. The molecule has 0 saturated heterocycles. The molecule has 0 radical (unpaired) electrons. The van der Waals surface area contributed by atoms with Gasteiger partial charge in [0.1, 0.15) is 0 Å². The van der Waals surface area contributed by atoms with E-state index in [0.717, 1.165) is 13.1 Å². The lowest BCUT2D eigenvalue weighted by Gasteiger charge is -2.34. The molecule has 0 atom stereocenters. The van der Waals surface area contributed by atoms with Gasteiger partial charge in [-0.3, -0.25) is 0 Å². The zero-order valence-electron chi connectivity index (χ0n) is 11.5. The fraction of sp³-hybridized carbons (Fsp3) is 0.529. The molecule has 0 unspecified atom stereocenters. The van der Waals surface area contributed by atoms with Crippen LogP contribution >= 0.6 is 0 Å². The SMILES string of the molecule is C=C(CNCC1(C)CCCCC1)c1ccccc1. The van der Waals surface area contributed by atoms with Gasteiger partial charge in [0.15, 0.2) is 0 Å². The summed E-state index contributed by atoms with van der Waals surface area (Å²) in [5.74, 6) is 0. The van der Waals surface area contributed by atoms with Crippen LogP contribution in [0.15, 0.2) is 36.9 Å². The molecule has 0 heterocycles. The number of benzene rings is 1. The van der Waals surface area contributed by atoms with Crippen LogP contribution in [0.2, 0.25) is 0 Å². The molecule has 0 aromatic heterocycles. The highest BCUT2D eigenvalue weighted by Gasteiger charge is 2.25. The Morgan fingerprint density at radius 3 is 2.50 bits per heavy atom. The first kappa shape index (κ1) is 13.4. The summed E-state index contributed by atoms with van der Waals surface area (Å²) >= 11 is 0. The van der Waals surface area contributed by atoms with Gasteiger partial charge in [0.2, 0.25) is 0 Å². The third kappa shape index (κ3) is 3.71. The molecule has 0 bridgehead atoms. The summed E-state index contributed by atoms with van der Waals surface area (Å²) in [6, 6.07) is 10.5. The largest absolute Gasteiger partial charge is 0.312 e. The van der Waals surface area contributed by atoms with E-state index >= 15 is 0 Å². The molecule has 1 aromatic rings. The normalized spacial score (nSPS) is 18.5. The van der Waals surface area contributed by atoms with E-state index < -0.39 is 0 Å². The average molecular weight is 243 g/mol. The predicted molar refractivity (Wildman–Crippen MR) is 79.5 cm³/mol. The Morgan fingerprint density at radius 1 is 1.17 bits per heavy atom. The molecule has 1 heteroatoms. The summed E-state index contributed by atoms with van der Waals surface area (Å²) in [6.45, 7) is 8.62. The van der Waals surface area contributed by atoms with Gasteiger partial charge in [-0.1, -0.05) is 63.1 Å². The van der Waals surface area contributed by atoms with Crippen molar-refractivity contribution in [2.45, 2.75) is 39.0 Å². The summed E-state index contributed by atoms with van der Waals surface area (Å²) in [5, 5.41) is 3.59. The summed E-state index contributed by atoms with van der Waals surface area (Å²) in [6.07, 6.45) is 6.97. The average Bonchev–Trinajstić information content (AvgIpc) is 2.40. The zero-order chi connectivity index (χ0) is 12.8. The zero-order valence-corrected chi connectivity index (χ0v) is 11.5. The highest BCUT2D eigenvalue weighted by Crippen LogP contribution is 2.34. The molecule has 1 fully saturated rings. The van der Waals surface area contributed by atoms with Crippen molar-refractivity contribution in [3.05, 3.63) is 42.5 Å². The molecule has 18 heavy (non-hydrogen) atoms. The molecule has 0 spiro atoms. The Bertz CT molecular complexity index is 374. The second-order valence-corrected chi connectivity index (χ2v) is 5.94. The first-order chi connectivity index (χ1) is 8.70. The molecule has 1 nitrogen and oxygen atoms in total. The van der Waals surface area contributed by atoms with E-state index in [1.54, 1.807) is 0 Å². The minimum atomic E-state index is 0.509. The van der Waals surface area contributed by atoms with Crippen molar-refractivity contribution >= 4 is 5.57 Å². The summed E-state index contributed by atoms with van der Waals surface area (Å²) in [7, 11) is 0. The number of hydrogen-bond donors (Lipinski definition) is 1. The van der Waals surface area contributed by atoms with E-state index in [0.29, 0.717) is 5.41 Å². The van der Waals surface area contributed by atoms with E-state index in [1.807, 2.05) is 6.07 Å². The maximum atomic E-state index is 4.17. The van der Waals surface area contributed by atoms with Crippen molar-refractivity contribution in [3.63, 3.8) is 0 Å². The quantitative estimate of drug-likeness (QED) is 0.814. The highest BCUT2D eigenvalue weighted by atomic mass is 14.9. The molecule has 0 aliphatic heterocycles. The van der Waals surface area contributed by atoms with Crippen LogP contribution in [0.3, 0.4) is 0 Å². The molecule has 1 N–H and O–H groups in total. The van der Waals surface area contributed by atoms with Gasteiger partial charge in [-0.15, -0.1) is 0 Å². The van der Waals surface area contributed by atoms with Crippen LogP contribution < -0.4 is 5.32 Å². The molecule has 1 aliphatic rings. The van der Waals surface area contributed by atoms with Crippen molar-refractivity contribution in [2.75, 3.05) is 13.1 Å². The fourth-order valence-electron chi connectivity index (χ4n) is 2.87. The van der Waals surface area contributed by atoms with E-state index in [4.69, 9.17) is 0 Å². The van der Waals surface area contributed by atoms with Gasteiger partial charge in [0, 0.05) is 13.1 Å². The summed E-state index contributed by atoms with van der Waals surface area (Å²) in [4.78, 5) is 0. The van der Waals surface area contributed by atoms with Crippen molar-refractivity contribution < 1.29 is 0 Å².